The number of para-hydroxylation sites is 2. The van der Waals surface area contributed by atoms with Gasteiger partial charge in [-0.15, -0.1) is 0 Å². The van der Waals surface area contributed by atoms with Crippen molar-refractivity contribution in [2.45, 2.75) is 31.6 Å². The lowest BCUT2D eigenvalue weighted by atomic mass is 10.1. The number of hydrogen-bond acceptors (Lipinski definition) is 5. The third kappa shape index (κ3) is 6.33. The summed E-state index contributed by atoms with van der Waals surface area (Å²) in [4.78, 5) is 12.9. The molecule has 35 heavy (non-hydrogen) atoms. The summed E-state index contributed by atoms with van der Waals surface area (Å²) in [5.74, 6) is 0.543. The third-order valence-electron chi connectivity index (χ3n) is 5.69. The molecule has 1 heterocycles. The van der Waals surface area contributed by atoms with Crippen LogP contribution in [0.3, 0.4) is 0 Å². The summed E-state index contributed by atoms with van der Waals surface area (Å²) in [5, 5.41) is 2.80. The van der Waals surface area contributed by atoms with E-state index < -0.39 is 16.1 Å². The van der Waals surface area contributed by atoms with E-state index in [0.717, 1.165) is 18.6 Å². The molecule has 7 nitrogen and oxygen atoms in total. The van der Waals surface area contributed by atoms with Crippen molar-refractivity contribution in [1.29, 1.82) is 0 Å². The Labute approximate surface area is 206 Å². The minimum Gasteiger partial charge on any atom is -0.492 e. The average Bonchev–Trinajstić information content (AvgIpc) is 2.87. The van der Waals surface area contributed by atoms with Crippen LogP contribution in [-0.2, 0) is 27.0 Å². The number of carbonyl (C=O) groups is 1. The van der Waals surface area contributed by atoms with Gasteiger partial charge in [-0.2, -0.15) is 0 Å². The van der Waals surface area contributed by atoms with Gasteiger partial charge in [-0.3, -0.25) is 9.10 Å². The van der Waals surface area contributed by atoms with Gasteiger partial charge in [0.1, 0.15) is 18.1 Å². The molecule has 4 rings (SSSR count). The third-order valence-corrected chi connectivity index (χ3v) is 7.40. The summed E-state index contributed by atoms with van der Waals surface area (Å²) in [7, 11) is -3.74. The fourth-order valence-electron chi connectivity index (χ4n) is 3.96. The predicted octanol–water partition coefficient (Wildman–Crippen LogP) is 3.93. The Hall–Kier alpha value is -3.52. The van der Waals surface area contributed by atoms with Crippen LogP contribution in [0, 0.1) is 0 Å². The van der Waals surface area contributed by atoms with Gasteiger partial charge < -0.3 is 14.8 Å². The Morgan fingerprint density at radius 1 is 1.00 bits per heavy atom. The highest BCUT2D eigenvalue weighted by Crippen LogP contribution is 2.35. The molecule has 1 atom stereocenters. The Bertz CT molecular complexity index is 1230. The van der Waals surface area contributed by atoms with Crippen molar-refractivity contribution in [1.82, 2.24) is 5.32 Å². The molecule has 184 valence electrons. The molecule has 0 saturated heterocycles. The van der Waals surface area contributed by atoms with Gasteiger partial charge in [-0.05, 0) is 41.8 Å². The molecule has 1 aliphatic rings. The van der Waals surface area contributed by atoms with Gasteiger partial charge in [0, 0.05) is 0 Å². The van der Waals surface area contributed by atoms with Crippen molar-refractivity contribution in [2.24, 2.45) is 0 Å². The summed E-state index contributed by atoms with van der Waals surface area (Å²) in [6.07, 6.45) is 1.15. The number of rotatable bonds is 10. The van der Waals surface area contributed by atoms with E-state index in [4.69, 9.17) is 9.47 Å². The Kier molecular flexibility index (Phi) is 7.92. The van der Waals surface area contributed by atoms with Crippen LogP contribution < -0.4 is 19.1 Å². The maximum Gasteiger partial charge on any atom is 0.263 e. The highest BCUT2D eigenvalue weighted by atomic mass is 32.2. The molecule has 1 aliphatic heterocycles. The molecule has 1 N–H and O–H groups in total. The number of ether oxygens (including phenoxy) is 2. The zero-order chi connectivity index (χ0) is 24.7. The monoisotopic (exact) mass is 494 g/mol. The minimum absolute atomic E-state index is 0.0994. The first-order valence-corrected chi connectivity index (χ1v) is 13.4. The van der Waals surface area contributed by atoms with Crippen LogP contribution >= 0.6 is 0 Å². The molecule has 0 fully saturated rings. The highest BCUT2D eigenvalue weighted by molar-refractivity contribution is 7.92. The number of carbonyl (C=O) groups excluding carboxylic acids is 1. The normalized spacial score (nSPS) is 15.1. The molecule has 0 radical (unpaired) electrons. The van der Waals surface area contributed by atoms with Crippen molar-refractivity contribution in [3.8, 4) is 11.5 Å². The van der Waals surface area contributed by atoms with Crippen LogP contribution in [-0.4, -0.2) is 40.1 Å². The van der Waals surface area contributed by atoms with E-state index in [2.05, 4.69) is 12.2 Å². The summed E-state index contributed by atoms with van der Waals surface area (Å²) in [5.41, 5.74) is 2.37. The van der Waals surface area contributed by atoms with Gasteiger partial charge in [0.2, 0.25) is 10.0 Å². The second-order valence-electron chi connectivity index (χ2n) is 8.38. The van der Waals surface area contributed by atoms with E-state index in [9.17, 15) is 13.2 Å². The van der Waals surface area contributed by atoms with Gasteiger partial charge >= 0.3 is 0 Å². The van der Waals surface area contributed by atoms with Crippen molar-refractivity contribution < 1.29 is 22.7 Å². The van der Waals surface area contributed by atoms with E-state index in [1.807, 2.05) is 30.3 Å². The van der Waals surface area contributed by atoms with E-state index in [1.165, 1.54) is 9.87 Å². The Morgan fingerprint density at radius 3 is 2.46 bits per heavy atom. The van der Waals surface area contributed by atoms with Crippen LogP contribution in [0.2, 0.25) is 0 Å². The molecule has 3 aromatic rings. The number of aryl methyl sites for hydroxylation is 1. The fraction of sp³-hybridized carbons (Fsp3) is 0.296. The zero-order valence-corrected chi connectivity index (χ0v) is 20.5. The van der Waals surface area contributed by atoms with Gasteiger partial charge in [0.05, 0.1) is 24.5 Å². The standard InChI is InChI=1S/C27H30N2O5S/c1-2-8-21-13-15-23(16-14-21)33-18-17-28-27(30)26-19-29(24-11-6-7-12-25(24)34-26)35(31,32)20-22-9-4-3-5-10-22/h3-7,9-16,26H,2,8,17-20H2,1H3,(H,28,30)/t26-/m0/s1. The molecule has 0 saturated carbocycles. The van der Waals surface area contributed by atoms with Crippen LogP contribution in [0.25, 0.3) is 0 Å². The number of nitrogens with one attached hydrogen (secondary N) is 1. The summed E-state index contributed by atoms with van der Waals surface area (Å²) < 4.78 is 39.4. The summed E-state index contributed by atoms with van der Waals surface area (Å²) in [6.45, 7) is 2.60. The Morgan fingerprint density at radius 2 is 1.71 bits per heavy atom. The van der Waals surface area contributed by atoms with Crippen molar-refractivity contribution >= 4 is 21.6 Å². The van der Waals surface area contributed by atoms with E-state index in [-0.39, 0.29) is 31.4 Å². The molecule has 8 heteroatoms. The van der Waals surface area contributed by atoms with Crippen LogP contribution in [0.5, 0.6) is 11.5 Å². The molecule has 3 aromatic carbocycles. The molecule has 1 amide bonds. The van der Waals surface area contributed by atoms with Crippen molar-refractivity contribution in [2.75, 3.05) is 24.0 Å². The van der Waals surface area contributed by atoms with E-state index >= 15 is 0 Å². The summed E-state index contributed by atoms with van der Waals surface area (Å²) >= 11 is 0. The Balaban J connectivity index is 1.37. The lowest BCUT2D eigenvalue weighted by molar-refractivity contribution is -0.127. The smallest absolute Gasteiger partial charge is 0.263 e. The van der Waals surface area contributed by atoms with Crippen LogP contribution in [0.4, 0.5) is 5.69 Å². The maximum atomic E-state index is 13.3. The van der Waals surface area contributed by atoms with Gasteiger partial charge in [0.25, 0.3) is 5.91 Å². The number of benzene rings is 3. The first kappa shape index (κ1) is 24.6. The quantitative estimate of drug-likeness (QED) is 0.432. The van der Waals surface area contributed by atoms with Gasteiger partial charge in [-0.25, -0.2) is 8.42 Å². The molecular formula is C27H30N2O5S. The number of sulfonamides is 1. The van der Waals surface area contributed by atoms with Gasteiger partial charge in [-0.1, -0.05) is 67.9 Å². The number of amides is 1. The maximum absolute atomic E-state index is 13.3. The first-order chi connectivity index (χ1) is 17.0. The summed E-state index contributed by atoms with van der Waals surface area (Å²) in [6, 6.07) is 23.8. The fourth-order valence-corrected chi connectivity index (χ4v) is 5.55. The molecule has 0 aromatic heterocycles. The van der Waals surface area contributed by atoms with Crippen molar-refractivity contribution in [3.05, 3.63) is 90.0 Å². The van der Waals surface area contributed by atoms with Gasteiger partial charge in [0.15, 0.2) is 6.10 Å². The lowest BCUT2D eigenvalue weighted by Gasteiger charge is -2.34. The van der Waals surface area contributed by atoms with Crippen LogP contribution in [0.15, 0.2) is 78.9 Å². The molecule has 0 aliphatic carbocycles. The second-order valence-corrected chi connectivity index (χ2v) is 10.3. The number of nitrogens with zero attached hydrogens (tertiary/aromatic N) is 1. The number of anilines is 1. The average molecular weight is 495 g/mol. The largest absolute Gasteiger partial charge is 0.492 e. The highest BCUT2D eigenvalue weighted by Gasteiger charge is 2.36. The second kappa shape index (κ2) is 11.3. The topological polar surface area (TPSA) is 84.9 Å². The number of hydrogen-bond donors (Lipinski definition) is 1. The number of fused-ring (bicyclic) bond motifs is 1. The van der Waals surface area contributed by atoms with E-state index in [1.54, 1.807) is 48.5 Å². The van der Waals surface area contributed by atoms with Crippen molar-refractivity contribution in [3.63, 3.8) is 0 Å². The lowest BCUT2D eigenvalue weighted by Crippen LogP contribution is -2.51. The first-order valence-electron chi connectivity index (χ1n) is 11.8. The molecule has 0 bridgehead atoms. The molecular weight excluding hydrogens is 464 g/mol. The predicted molar refractivity (Wildman–Crippen MR) is 136 cm³/mol. The molecule has 0 spiro atoms. The SMILES string of the molecule is CCCc1ccc(OCCNC(=O)[C@@H]2CN(S(=O)(=O)Cc3ccccc3)c3ccccc3O2)cc1. The van der Waals surface area contributed by atoms with Crippen LogP contribution in [0.1, 0.15) is 24.5 Å². The zero-order valence-electron chi connectivity index (χ0n) is 19.7. The minimum atomic E-state index is -3.74. The van der Waals surface area contributed by atoms with E-state index in [0.29, 0.717) is 17.0 Å². The molecule has 0 unspecified atom stereocenters.